The first-order valence-corrected chi connectivity index (χ1v) is 13.4. The van der Waals surface area contributed by atoms with Crippen molar-refractivity contribution in [3.63, 3.8) is 0 Å². The second-order valence-electron chi connectivity index (χ2n) is 10.6. The Labute approximate surface area is 220 Å². The summed E-state index contributed by atoms with van der Waals surface area (Å²) < 4.78 is 5.83. The van der Waals surface area contributed by atoms with Gasteiger partial charge in [0.2, 0.25) is 0 Å². The summed E-state index contributed by atoms with van der Waals surface area (Å²) in [5, 5.41) is 14.6. The van der Waals surface area contributed by atoms with Gasteiger partial charge >= 0.3 is 5.97 Å². The third-order valence-electron chi connectivity index (χ3n) is 7.94. The Kier molecular flexibility index (Phi) is 6.09. The fraction of sp³-hybridized carbons (Fsp3) is 0.379. The largest absolute Gasteiger partial charge is 0.481 e. The van der Waals surface area contributed by atoms with Crippen LogP contribution in [0.15, 0.2) is 52.6 Å². The highest BCUT2D eigenvalue weighted by atomic mass is 35.5. The number of aliphatic carboxylic acids is 1. The number of piperidine rings is 1. The van der Waals surface area contributed by atoms with Crippen LogP contribution < -0.4 is 4.90 Å². The van der Waals surface area contributed by atoms with E-state index in [-0.39, 0.29) is 6.42 Å². The first-order chi connectivity index (χ1) is 17.4. The van der Waals surface area contributed by atoms with Gasteiger partial charge in [0.25, 0.3) is 0 Å². The Morgan fingerprint density at radius 3 is 2.36 bits per heavy atom. The molecule has 0 unspecified atom stereocenters. The predicted molar refractivity (Wildman–Crippen MR) is 143 cm³/mol. The van der Waals surface area contributed by atoms with Crippen molar-refractivity contribution in [3.8, 4) is 11.3 Å². The van der Waals surface area contributed by atoms with Gasteiger partial charge in [-0.25, -0.2) is 0 Å². The lowest BCUT2D eigenvalue weighted by atomic mass is 9.60. The number of aromatic nitrogens is 1. The SMILES string of the molecule is O=C(O)Cc1ccc(N2CCC3(CC2)CC(=Cc2c(-c4c(Cl)cccc4Cl)noc2C2CC2)C3)cc1. The molecule has 2 heterocycles. The Morgan fingerprint density at radius 2 is 1.75 bits per heavy atom. The van der Waals surface area contributed by atoms with Gasteiger partial charge in [-0.05, 0) is 79.8 Å². The minimum Gasteiger partial charge on any atom is -0.481 e. The molecule has 5 nitrogen and oxygen atoms in total. The Balaban J connectivity index is 1.16. The normalized spacial score (nSPS) is 18.8. The van der Waals surface area contributed by atoms with E-state index in [2.05, 4.69) is 28.3 Å². The third-order valence-corrected chi connectivity index (χ3v) is 8.57. The molecular weight excluding hydrogens is 495 g/mol. The van der Waals surface area contributed by atoms with Crippen LogP contribution in [0, 0.1) is 5.41 Å². The van der Waals surface area contributed by atoms with Crippen molar-refractivity contribution in [1.29, 1.82) is 0 Å². The summed E-state index contributed by atoms with van der Waals surface area (Å²) in [6.45, 7) is 2.04. The molecule has 6 rings (SSSR count). The van der Waals surface area contributed by atoms with E-state index in [4.69, 9.17) is 32.8 Å². The molecule has 0 bridgehead atoms. The van der Waals surface area contributed by atoms with Crippen LogP contribution in [0.25, 0.3) is 17.3 Å². The fourth-order valence-electron chi connectivity index (χ4n) is 5.80. The maximum absolute atomic E-state index is 10.9. The number of nitrogens with zero attached hydrogens (tertiary/aromatic N) is 2. The van der Waals surface area contributed by atoms with Crippen LogP contribution in [0.5, 0.6) is 0 Å². The van der Waals surface area contributed by atoms with Crippen LogP contribution in [0.1, 0.15) is 61.3 Å². The zero-order chi connectivity index (χ0) is 24.9. The molecule has 1 aliphatic heterocycles. The molecule has 1 aromatic heterocycles. The molecule has 7 heteroatoms. The van der Waals surface area contributed by atoms with Crippen molar-refractivity contribution in [2.75, 3.05) is 18.0 Å². The number of hydrogen-bond acceptors (Lipinski definition) is 4. The number of allylic oxidation sites excluding steroid dienone is 1. The van der Waals surface area contributed by atoms with Crippen LogP contribution in [0.4, 0.5) is 5.69 Å². The van der Waals surface area contributed by atoms with Gasteiger partial charge in [0.05, 0.1) is 16.5 Å². The topological polar surface area (TPSA) is 66.6 Å². The maximum atomic E-state index is 10.9. The lowest BCUT2D eigenvalue weighted by Gasteiger charge is -2.50. The number of benzene rings is 2. The summed E-state index contributed by atoms with van der Waals surface area (Å²) >= 11 is 13.0. The number of carboxylic acid groups (broad SMARTS) is 1. The summed E-state index contributed by atoms with van der Waals surface area (Å²) in [6, 6.07) is 13.5. The van der Waals surface area contributed by atoms with E-state index in [1.165, 1.54) is 11.3 Å². The van der Waals surface area contributed by atoms with E-state index in [9.17, 15) is 4.79 Å². The Bertz CT molecular complexity index is 1300. The van der Waals surface area contributed by atoms with Crippen LogP contribution >= 0.6 is 23.2 Å². The second kappa shape index (κ2) is 9.28. The van der Waals surface area contributed by atoms with Gasteiger partial charge in [0.15, 0.2) is 0 Å². The molecule has 36 heavy (non-hydrogen) atoms. The summed E-state index contributed by atoms with van der Waals surface area (Å²) in [6.07, 6.45) is 9.14. The third kappa shape index (κ3) is 4.55. The molecule has 2 aromatic carbocycles. The summed E-state index contributed by atoms with van der Waals surface area (Å²) in [5.41, 5.74) is 6.37. The van der Waals surface area contributed by atoms with E-state index in [0.717, 1.165) is 79.8 Å². The number of halogens is 2. The monoisotopic (exact) mass is 522 g/mol. The van der Waals surface area contributed by atoms with E-state index in [1.807, 2.05) is 30.3 Å². The smallest absolute Gasteiger partial charge is 0.307 e. The van der Waals surface area contributed by atoms with Crippen LogP contribution in [-0.2, 0) is 11.2 Å². The van der Waals surface area contributed by atoms with Gasteiger partial charge in [-0.15, -0.1) is 0 Å². The quantitative estimate of drug-likeness (QED) is 0.360. The number of carboxylic acids is 1. The zero-order valence-corrected chi connectivity index (χ0v) is 21.5. The van der Waals surface area contributed by atoms with Gasteiger partial charge in [-0.2, -0.15) is 0 Å². The molecule has 3 aliphatic rings. The standard InChI is InChI=1S/C29H28Cl2N2O3/c30-23-2-1-3-24(31)26(23)27-22(28(36-32-27)20-6-7-20)14-19-16-29(17-19)10-12-33(13-11-29)21-8-4-18(5-9-21)15-25(34)35/h1-5,8-9,14,20H,6-7,10-13,15-17H2,(H,34,35). The lowest BCUT2D eigenvalue weighted by Crippen LogP contribution is -2.44. The van der Waals surface area contributed by atoms with Crippen LogP contribution in [-0.4, -0.2) is 29.3 Å². The van der Waals surface area contributed by atoms with Gasteiger partial charge in [-0.1, -0.05) is 52.1 Å². The predicted octanol–water partition coefficient (Wildman–Crippen LogP) is 7.62. The van der Waals surface area contributed by atoms with Crippen molar-refractivity contribution in [1.82, 2.24) is 5.16 Å². The molecule has 3 fully saturated rings. The molecular formula is C29H28Cl2N2O3. The highest BCUT2D eigenvalue weighted by Crippen LogP contribution is 2.54. The molecule has 2 saturated carbocycles. The van der Waals surface area contributed by atoms with Gasteiger partial charge in [0, 0.05) is 35.8 Å². The lowest BCUT2D eigenvalue weighted by molar-refractivity contribution is -0.136. The van der Waals surface area contributed by atoms with E-state index in [0.29, 0.717) is 21.4 Å². The molecule has 0 radical (unpaired) electrons. The molecule has 3 aromatic rings. The van der Waals surface area contributed by atoms with Gasteiger partial charge in [-0.3, -0.25) is 4.79 Å². The van der Waals surface area contributed by atoms with Gasteiger partial charge < -0.3 is 14.5 Å². The van der Waals surface area contributed by atoms with E-state index >= 15 is 0 Å². The number of anilines is 1. The van der Waals surface area contributed by atoms with Crippen molar-refractivity contribution in [2.45, 2.75) is 50.9 Å². The summed E-state index contributed by atoms with van der Waals surface area (Å²) in [5.74, 6) is 0.614. The minimum atomic E-state index is -0.797. The van der Waals surface area contributed by atoms with Gasteiger partial charge in [0.1, 0.15) is 11.5 Å². The fourth-order valence-corrected chi connectivity index (χ4v) is 6.38. The highest BCUT2D eigenvalue weighted by molar-refractivity contribution is 6.39. The molecule has 0 amide bonds. The summed E-state index contributed by atoms with van der Waals surface area (Å²) in [4.78, 5) is 13.3. The maximum Gasteiger partial charge on any atom is 0.307 e. The molecule has 0 atom stereocenters. The van der Waals surface area contributed by atoms with Crippen molar-refractivity contribution >= 4 is 40.9 Å². The number of hydrogen-bond donors (Lipinski definition) is 1. The molecule has 1 saturated heterocycles. The van der Waals surface area contributed by atoms with Crippen LogP contribution in [0.3, 0.4) is 0 Å². The molecule has 2 aliphatic carbocycles. The Morgan fingerprint density at radius 1 is 1.08 bits per heavy atom. The minimum absolute atomic E-state index is 0.0670. The molecule has 1 spiro atoms. The van der Waals surface area contributed by atoms with E-state index in [1.54, 1.807) is 0 Å². The highest BCUT2D eigenvalue weighted by Gasteiger charge is 2.43. The molecule has 186 valence electrons. The first kappa shape index (κ1) is 23.6. The molecule has 1 N–H and O–H groups in total. The Hall–Kier alpha value is -2.76. The number of carbonyl (C=O) groups is 1. The van der Waals surface area contributed by atoms with Crippen LogP contribution in [0.2, 0.25) is 10.0 Å². The second-order valence-corrected chi connectivity index (χ2v) is 11.4. The first-order valence-electron chi connectivity index (χ1n) is 12.6. The average Bonchev–Trinajstić information content (AvgIpc) is 3.60. The number of rotatable bonds is 6. The van der Waals surface area contributed by atoms with E-state index < -0.39 is 5.97 Å². The van der Waals surface area contributed by atoms with Crippen molar-refractivity contribution in [3.05, 3.63) is 75.0 Å². The van der Waals surface area contributed by atoms with Crippen molar-refractivity contribution < 1.29 is 14.4 Å². The van der Waals surface area contributed by atoms with Crippen molar-refractivity contribution in [2.24, 2.45) is 5.41 Å². The zero-order valence-electron chi connectivity index (χ0n) is 20.0. The average molecular weight is 523 g/mol. The summed E-state index contributed by atoms with van der Waals surface area (Å²) in [7, 11) is 0.